The van der Waals surface area contributed by atoms with E-state index in [2.05, 4.69) is 54.8 Å². The molecule has 1 unspecified atom stereocenters. The standard InChI is InChI=1S/C21H26N2O.ClH/c1-15(2)20(17-6-4-3-5-7-17)11-21(24)23-12-16-8-9-18-13-22-14-19(18)10-16;/h3-10,15,20,22H,11-14H2,1-2H3,(H,23,24);1H. The molecule has 1 atom stereocenters. The summed E-state index contributed by atoms with van der Waals surface area (Å²) >= 11 is 0. The van der Waals surface area contributed by atoms with Gasteiger partial charge in [-0.3, -0.25) is 4.79 Å². The molecule has 0 bridgehead atoms. The van der Waals surface area contributed by atoms with Gasteiger partial charge >= 0.3 is 0 Å². The number of nitrogens with one attached hydrogen (secondary N) is 2. The molecule has 3 nitrogen and oxygen atoms in total. The predicted molar refractivity (Wildman–Crippen MR) is 105 cm³/mol. The second-order valence-corrected chi connectivity index (χ2v) is 6.95. The summed E-state index contributed by atoms with van der Waals surface area (Å²) in [5.74, 6) is 0.816. The molecule has 2 aromatic rings. The molecule has 2 aromatic carbocycles. The van der Waals surface area contributed by atoms with Crippen LogP contribution in [0.2, 0.25) is 0 Å². The van der Waals surface area contributed by atoms with Gasteiger partial charge in [0.1, 0.15) is 0 Å². The van der Waals surface area contributed by atoms with E-state index >= 15 is 0 Å². The lowest BCUT2D eigenvalue weighted by Crippen LogP contribution is -2.26. The van der Waals surface area contributed by atoms with Crippen LogP contribution in [0.1, 0.15) is 48.4 Å². The fourth-order valence-electron chi connectivity index (χ4n) is 3.37. The molecule has 3 rings (SSSR count). The number of carbonyl (C=O) groups excluding carboxylic acids is 1. The lowest BCUT2D eigenvalue weighted by Gasteiger charge is -2.21. The van der Waals surface area contributed by atoms with Gasteiger partial charge in [-0.2, -0.15) is 0 Å². The fourth-order valence-corrected chi connectivity index (χ4v) is 3.37. The Labute approximate surface area is 156 Å². The van der Waals surface area contributed by atoms with Crippen molar-refractivity contribution in [1.29, 1.82) is 0 Å². The van der Waals surface area contributed by atoms with Crippen LogP contribution in [0, 0.1) is 5.92 Å². The highest BCUT2D eigenvalue weighted by atomic mass is 35.5. The maximum Gasteiger partial charge on any atom is 0.220 e. The average Bonchev–Trinajstić information content (AvgIpc) is 3.06. The molecule has 1 heterocycles. The fraction of sp³-hybridized carbons (Fsp3) is 0.381. The van der Waals surface area contributed by atoms with Crippen LogP contribution in [0.25, 0.3) is 0 Å². The average molecular weight is 359 g/mol. The molecule has 0 aliphatic carbocycles. The largest absolute Gasteiger partial charge is 0.352 e. The summed E-state index contributed by atoms with van der Waals surface area (Å²) in [5, 5.41) is 6.44. The van der Waals surface area contributed by atoms with E-state index in [1.54, 1.807) is 0 Å². The highest BCUT2D eigenvalue weighted by molar-refractivity contribution is 5.85. The van der Waals surface area contributed by atoms with Gasteiger partial charge in [-0.25, -0.2) is 0 Å². The van der Waals surface area contributed by atoms with Crippen molar-refractivity contribution in [2.24, 2.45) is 5.92 Å². The zero-order valence-corrected chi connectivity index (χ0v) is 15.7. The van der Waals surface area contributed by atoms with Crippen molar-refractivity contribution < 1.29 is 4.79 Å². The summed E-state index contributed by atoms with van der Waals surface area (Å²) in [6.07, 6.45) is 0.536. The maximum atomic E-state index is 12.4. The molecule has 0 spiro atoms. The van der Waals surface area contributed by atoms with Crippen LogP contribution in [0.4, 0.5) is 0 Å². The van der Waals surface area contributed by atoms with Crippen LogP contribution in [-0.4, -0.2) is 5.91 Å². The molecule has 1 amide bonds. The molecule has 0 saturated carbocycles. The first kappa shape index (κ1) is 19.5. The molecule has 134 valence electrons. The van der Waals surface area contributed by atoms with Crippen molar-refractivity contribution in [3.63, 3.8) is 0 Å². The number of hydrogen-bond donors (Lipinski definition) is 2. The van der Waals surface area contributed by atoms with Crippen LogP contribution in [-0.2, 0) is 24.4 Å². The van der Waals surface area contributed by atoms with Crippen molar-refractivity contribution in [2.45, 2.75) is 45.8 Å². The molecule has 0 radical (unpaired) electrons. The molecule has 4 heteroatoms. The first-order valence-electron chi connectivity index (χ1n) is 8.76. The van der Waals surface area contributed by atoms with E-state index in [4.69, 9.17) is 0 Å². The third-order valence-corrected chi connectivity index (χ3v) is 4.83. The monoisotopic (exact) mass is 358 g/mol. The molecule has 1 aliphatic heterocycles. The highest BCUT2D eigenvalue weighted by Gasteiger charge is 2.19. The number of benzene rings is 2. The van der Waals surface area contributed by atoms with Gasteiger partial charge in [0.25, 0.3) is 0 Å². The lowest BCUT2D eigenvalue weighted by molar-refractivity contribution is -0.121. The molecule has 0 fully saturated rings. The first-order chi connectivity index (χ1) is 11.6. The Morgan fingerprint density at radius 2 is 1.80 bits per heavy atom. The van der Waals surface area contributed by atoms with Crippen LogP contribution < -0.4 is 10.6 Å². The van der Waals surface area contributed by atoms with Crippen molar-refractivity contribution in [1.82, 2.24) is 10.6 Å². The smallest absolute Gasteiger partial charge is 0.220 e. The van der Waals surface area contributed by atoms with E-state index in [-0.39, 0.29) is 24.2 Å². The normalized spacial score (nSPS) is 13.9. The Bertz CT molecular complexity index is 700. The Morgan fingerprint density at radius 1 is 1.08 bits per heavy atom. The van der Waals surface area contributed by atoms with E-state index in [0.29, 0.717) is 18.9 Å². The summed E-state index contributed by atoms with van der Waals surface area (Å²) in [6, 6.07) is 16.8. The minimum atomic E-state index is 0. The predicted octanol–water partition coefficient (Wildman–Crippen LogP) is 4.16. The van der Waals surface area contributed by atoms with Crippen LogP contribution in [0.15, 0.2) is 48.5 Å². The van der Waals surface area contributed by atoms with Gasteiger partial charge in [-0.05, 0) is 34.1 Å². The summed E-state index contributed by atoms with van der Waals surface area (Å²) < 4.78 is 0. The van der Waals surface area contributed by atoms with E-state index in [9.17, 15) is 4.79 Å². The number of rotatable bonds is 6. The van der Waals surface area contributed by atoms with Crippen molar-refractivity contribution in [3.8, 4) is 0 Å². The molecule has 2 N–H and O–H groups in total. The van der Waals surface area contributed by atoms with E-state index in [0.717, 1.165) is 13.1 Å². The molecular weight excluding hydrogens is 332 g/mol. The summed E-state index contributed by atoms with van der Waals surface area (Å²) in [7, 11) is 0. The first-order valence-corrected chi connectivity index (χ1v) is 8.76. The third kappa shape index (κ3) is 5.07. The van der Waals surface area contributed by atoms with E-state index < -0.39 is 0 Å². The van der Waals surface area contributed by atoms with Gasteiger partial charge < -0.3 is 10.6 Å². The summed E-state index contributed by atoms with van der Waals surface area (Å²) in [5.41, 5.74) is 5.14. The van der Waals surface area contributed by atoms with Crippen LogP contribution in [0.5, 0.6) is 0 Å². The zero-order valence-electron chi connectivity index (χ0n) is 14.9. The molecule has 0 saturated heterocycles. The lowest BCUT2D eigenvalue weighted by atomic mass is 9.85. The Hall–Kier alpha value is -1.84. The number of hydrogen-bond acceptors (Lipinski definition) is 2. The second kappa shape index (κ2) is 9.02. The number of halogens is 1. The Balaban J connectivity index is 0.00000225. The van der Waals surface area contributed by atoms with E-state index in [1.807, 2.05) is 18.2 Å². The number of amides is 1. The Kier molecular flexibility index (Phi) is 7.03. The van der Waals surface area contributed by atoms with Gasteiger partial charge in [-0.1, -0.05) is 62.4 Å². The van der Waals surface area contributed by atoms with Crippen molar-refractivity contribution in [3.05, 3.63) is 70.8 Å². The van der Waals surface area contributed by atoms with Gasteiger partial charge in [0.15, 0.2) is 0 Å². The minimum Gasteiger partial charge on any atom is -0.352 e. The quantitative estimate of drug-likeness (QED) is 0.814. The number of fused-ring (bicyclic) bond motifs is 1. The van der Waals surface area contributed by atoms with Crippen molar-refractivity contribution >= 4 is 18.3 Å². The highest BCUT2D eigenvalue weighted by Crippen LogP contribution is 2.27. The summed E-state index contributed by atoms with van der Waals surface area (Å²) in [6.45, 7) is 6.85. The van der Waals surface area contributed by atoms with Crippen molar-refractivity contribution in [2.75, 3.05) is 0 Å². The topological polar surface area (TPSA) is 41.1 Å². The van der Waals surface area contributed by atoms with Gasteiger partial charge in [-0.15, -0.1) is 12.4 Å². The SMILES string of the molecule is CC(C)C(CC(=O)NCc1ccc2c(c1)CNC2)c1ccccc1.Cl. The second-order valence-electron chi connectivity index (χ2n) is 6.95. The van der Waals surface area contributed by atoms with Gasteiger partial charge in [0, 0.05) is 26.1 Å². The van der Waals surface area contributed by atoms with Crippen LogP contribution in [0.3, 0.4) is 0 Å². The van der Waals surface area contributed by atoms with Gasteiger partial charge in [0.05, 0.1) is 0 Å². The molecule has 1 aliphatic rings. The van der Waals surface area contributed by atoms with E-state index in [1.165, 1.54) is 22.3 Å². The molecular formula is C21H27ClN2O. The van der Waals surface area contributed by atoms with Gasteiger partial charge in [0.2, 0.25) is 5.91 Å². The maximum absolute atomic E-state index is 12.4. The minimum absolute atomic E-state index is 0. The molecule has 0 aromatic heterocycles. The summed E-state index contributed by atoms with van der Waals surface area (Å²) in [4.78, 5) is 12.4. The Morgan fingerprint density at radius 3 is 2.52 bits per heavy atom. The number of carbonyl (C=O) groups is 1. The third-order valence-electron chi connectivity index (χ3n) is 4.83. The van der Waals surface area contributed by atoms with Crippen LogP contribution >= 0.6 is 12.4 Å². The molecule has 25 heavy (non-hydrogen) atoms. The zero-order chi connectivity index (χ0) is 16.9.